The van der Waals surface area contributed by atoms with E-state index < -0.39 is 11.5 Å². The Labute approximate surface area is 228 Å². The van der Waals surface area contributed by atoms with Crippen LogP contribution in [0.25, 0.3) is 22.3 Å². The zero-order valence-corrected chi connectivity index (χ0v) is 21.9. The molecule has 1 spiro atoms. The first-order valence-electron chi connectivity index (χ1n) is 12.7. The maximum absolute atomic E-state index is 13.4. The van der Waals surface area contributed by atoms with Crippen LogP contribution < -0.4 is 19.9 Å². The molecule has 0 bridgehead atoms. The Morgan fingerprint density at radius 2 is 1.85 bits per heavy atom. The van der Waals surface area contributed by atoms with Crippen LogP contribution in [-0.2, 0) is 0 Å². The van der Waals surface area contributed by atoms with Crippen molar-refractivity contribution >= 4 is 28.5 Å². The molecule has 2 amide bonds. The van der Waals surface area contributed by atoms with Crippen molar-refractivity contribution in [2.75, 3.05) is 27.3 Å². The Morgan fingerprint density at radius 1 is 1.05 bits per heavy atom. The summed E-state index contributed by atoms with van der Waals surface area (Å²) in [5.41, 5.74) is 6.45. The molecule has 1 saturated heterocycles. The van der Waals surface area contributed by atoms with Crippen molar-refractivity contribution in [1.29, 1.82) is 0 Å². The lowest BCUT2D eigenvalue weighted by atomic mass is 9.82. The third-order valence-corrected chi connectivity index (χ3v) is 7.44. The molecular weight excluding hydrogens is 516 g/mol. The minimum Gasteiger partial charge on any atom is -0.497 e. The Kier molecular flexibility index (Phi) is 6.09. The number of nitrogens with one attached hydrogen (secondary N) is 1. The average Bonchev–Trinajstić information content (AvgIpc) is 3.47. The number of piperidine rings is 1. The van der Waals surface area contributed by atoms with Gasteiger partial charge in [0.15, 0.2) is 11.6 Å². The van der Waals surface area contributed by atoms with Gasteiger partial charge in [-0.1, -0.05) is 0 Å². The van der Waals surface area contributed by atoms with Crippen LogP contribution in [0.4, 0.5) is 0 Å². The van der Waals surface area contributed by atoms with Crippen LogP contribution in [0.3, 0.4) is 0 Å². The van der Waals surface area contributed by atoms with Crippen LogP contribution in [0.5, 0.6) is 17.2 Å². The molecule has 3 N–H and O–H groups in total. The number of Topliss-reactive ketones (excluding diaryl/α,β-unsaturated/α-hetero) is 1. The number of hydrogen-bond acceptors (Lipinski definition) is 9. The molecule has 6 rings (SSSR count). The Morgan fingerprint density at radius 3 is 2.55 bits per heavy atom. The van der Waals surface area contributed by atoms with Crippen LogP contribution in [0.2, 0.25) is 0 Å². The van der Waals surface area contributed by atoms with E-state index >= 15 is 0 Å². The number of ether oxygens (including phenoxy) is 3. The molecule has 1 fully saturated rings. The maximum Gasteiger partial charge on any atom is 0.286 e. The molecule has 12 heteroatoms. The number of nitrogens with two attached hydrogens (primary N) is 1. The fourth-order valence-corrected chi connectivity index (χ4v) is 5.27. The van der Waals surface area contributed by atoms with E-state index in [0.717, 1.165) is 5.39 Å². The molecular formula is C28H26N6O6. The number of carbonyl (C=O) groups is 3. The van der Waals surface area contributed by atoms with Crippen molar-refractivity contribution in [3.05, 3.63) is 59.5 Å². The maximum atomic E-state index is 13.4. The molecule has 2 aromatic heterocycles. The first-order valence-corrected chi connectivity index (χ1v) is 12.7. The number of amides is 2. The highest BCUT2D eigenvalue weighted by Gasteiger charge is 2.44. The van der Waals surface area contributed by atoms with Gasteiger partial charge in [0.2, 0.25) is 5.82 Å². The molecule has 204 valence electrons. The highest BCUT2D eigenvalue weighted by molar-refractivity contribution is 6.01. The minimum atomic E-state index is -0.723. The van der Waals surface area contributed by atoms with Gasteiger partial charge in [-0.05, 0) is 36.4 Å². The van der Waals surface area contributed by atoms with E-state index in [0.29, 0.717) is 59.8 Å². The second-order valence-electron chi connectivity index (χ2n) is 9.85. The van der Waals surface area contributed by atoms with E-state index in [1.165, 1.54) is 0 Å². The third-order valence-electron chi connectivity index (χ3n) is 7.44. The highest BCUT2D eigenvalue weighted by Crippen LogP contribution is 2.41. The lowest BCUT2D eigenvalue weighted by molar-refractivity contribution is -0.00584. The largest absolute Gasteiger partial charge is 0.497 e. The van der Waals surface area contributed by atoms with E-state index in [1.807, 2.05) is 6.07 Å². The molecule has 0 atom stereocenters. The number of carbonyl (C=O) groups excluding carboxylic acids is 3. The minimum absolute atomic E-state index is 0.0619. The summed E-state index contributed by atoms with van der Waals surface area (Å²) in [4.78, 5) is 48.3. The Hall–Kier alpha value is -5.00. The smallest absolute Gasteiger partial charge is 0.286 e. The Balaban J connectivity index is 1.18. The molecule has 4 aromatic rings. The number of likely N-dealkylation sites (tertiary alicyclic amines) is 1. The second kappa shape index (κ2) is 9.63. The van der Waals surface area contributed by atoms with Crippen LogP contribution in [0.15, 0.2) is 42.5 Å². The van der Waals surface area contributed by atoms with Gasteiger partial charge in [-0.15, -0.1) is 0 Å². The number of aromatic nitrogens is 4. The molecule has 2 aromatic carbocycles. The Bertz CT molecular complexity index is 1670. The summed E-state index contributed by atoms with van der Waals surface area (Å²) in [6.07, 6.45) is 1.18. The lowest BCUT2D eigenvalue weighted by Gasteiger charge is -2.43. The molecule has 0 unspecified atom stereocenters. The molecule has 40 heavy (non-hydrogen) atoms. The summed E-state index contributed by atoms with van der Waals surface area (Å²) in [5.74, 6) is 0.880. The molecule has 2 aliphatic heterocycles. The number of hydrogen-bond donors (Lipinski definition) is 2. The topological polar surface area (TPSA) is 163 Å². The van der Waals surface area contributed by atoms with Crippen molar-refractivity contribution in [1.82, 2.24) is 25.1 Å². The second-order valence-corrected chi connectivity index (χ2v) is 9.85. The number of ketones is 1. The van der Waals surface area contributed by atoms with E-state index in [9.17, 15) is 14.4 Å². The van der Waals surface area contributed by atoms with Crippen LogP contribution in [0, 0.1) is 0 Å². The van der Waals surface area contributed by atoms with Crippen molar-refractivity contribution in [3.63, 3.8) is 0 Å². The summed E-state index contributed by atoms with van der Waals surface area (Å²) < 4.78 is 17.2. The predicted octanol–water partition coefficient (Wildman–Crippen LogP) is 2.78. The summed E-state index contributed by atoms with van der Waals surface area (Å²) in [6.45, 7) is 0.828. The molecule has 12 nitrogen and oxygen atoms in total. The van der Waals surface area contributed by atoms with E-state index in [1.54, 1.807) is 55.5 Å². The monoisotopic (exact) mass is 542 g/mol. The van der Waals surface area contributed by atoms with Crippen LogP contribution in [0.1, 0.15) is 50.7 Å². The van der Waals surface area contributed by atoms with Crippen molar-refractivity contribution in [2.24, 2.45) is 5.73 Å². The van der Waals surface area contributed by atoms with Gasteiger partial charge < -0.3 is 24.8 Å². The number of nitrogens with zero attached hydrogens (tertiary/aromatic N) is 4. The lowest BCUT2D eigenvalue weighted by Crippen LogP contribution is -2.52. The van der Waals surface area contributed by atoms with Crippen molar-refractivity contribution in [2.45, 2.75) is 24.9 Å². The zero-order valence-electron chi connectivity index (χ0n) is 21.9. The number of H-pyrrole nitrogens is 1. The van der Waals surface area contributed by atoms with Gasteiger partial charge in [0.05, 0.1) is 31.7 Å². The molecule has 0 radical (unpaired) electrons. The number of methoxy groups -OCH3 is 2. The summed E-state index contributed by atoms with van der Waals surface area (Å²) in [5, 5.41) is 7.24. The fourth-order valence-electron chi connectivity index (χ4n) is 5.27. The van der Waals surface area contributed by atoms with Gasteiger partial charge >= 0.3 is 0 Å². The standard InChI is InChI=1S/C28H26N6O6/c1-38-16-4-5-19-17(12-16)23(39-2)13-20(30-19)27(37)34-9-7-28(8-10-34)14-21(35)18-11-15(3-6-22(18)40-28)25-31-26(24(29)36)33-32-25/h3-6,11-13H,7-10,14H2,1-2H3,(H2,29,36)(H,31,32,33). The van der Waals surface area contributed by atoms with E-state index in [4.69, 9.17) is 19.9 Å². The van der Waals surface area contributed by atoms with Crippen LogP contribution in [-0.4, -0.2) is 75.6 Å². The van der Waals surface area contributed by atoms with Crippen molar-refractivity contribution < 1.29 is 28.6 Å². The van der Waals surface area contributed by atoms with Gasteiger partial charge in [0.1, 0.15) is 28.5 Å². The molecule has 2 aliphatic rings. The third kappa shape index (κ3) is 4.36. The van der Waals surface area contributed by atoms with Gasteiger partial charge in [0.25, 0.3) is 11.8 Å². The first kappa shape index (κ1) is 25.3. The molecule has 0 aliphatic carbocycles. The summed E-state index contributed by atoms with van der Waals surface area (Å²) in [7, 11) is 3.14. The van der Waals surface area contributed by atoms with Crippen molar-refractivity contribution in [3.8, 4) is 28.6 Å². The average molecular weight is 543 g/mol. The zero-order chi connectivity index (χ0) is 28.0. The highest BCUT2D eigenvalue weighted by atomic mass is 16.5. The normalized spacial score (nSPS) is 15.9. The number of fused-ring (bicyclic) bond motifs is 2. The van der Waals surface area contributed by atoms with Gasteiger partial charge in [-0.25, -0.2) is 9.97 Å². The van der Waals surface area contributed by atoms with Gasteiger partial charge in [0, 0.05) is 42.9 Å². The fraction of sp³-hybridized carbons (Fsp3) is 0.286. The van der Waals surface area contributed by atoms with E-state index in [-0.39, 0.29) is 35.5 Å². The van der Waals surface area contributed by atoms with Gasteiger partial charge in [-0.2, -0.15) is 5.10 Å². The number of rotatable bonds is 5. The SMILES string of the molecule is COc1ccc2nc(C(=O)N3CCC4(CC3)CC(=O)c3cc(-c5n[nH]c(C(N)=O)n5)ccc3O4)cc(OC)c2c1. The summed E-state index contributed by atoms with van der Waals surface area (Å²) >= 11 is 0. The van der Waals surface area contributed by atoms with Crippen LogP contribution >= 0.6 is 0 Å². The quantitative estimate of drug-likeness (QED) is 0.386. The predicted molar refractivity (Wildman–Crippen MR) is 143 cm³/mol. The summed E-state index contributed by atoms with van der Waals surface area (Å²) in [6, 6.07) is 12.1. The number of pyridine rings is 1. The number of primary amides is 1. The molecule has 4 heterocycles. The number of benzene rings is 2. The van der Waals surface area contributed by atoms with Gasteiger partial charge in [-0.3, -0.25) is 19.5 Å². The molecule has 0 saturated carbocycles. The number of aromatic amines is 1. The van der Waals surface area contributed by atoms with E-state index in [2.05, 4.69) is 20.2 Å². The first-order chi connectivity index (χ1) is 19.3.